The standard InChI is InChI=1S/C20H17N3O6S2/c1-8-16(30-10(3)21-8)14(24)12-13(11-6-5-7-29-11)23(18(26)15(12)25)20-22-9(2)17(31-20)19(27)28-4/h5-7,13,25H,1-4H3. The Bertz CT molecular complexity index is 1240. The topological polar surface area (TPSA) is 123 Å². The molecule has 0 aromatic carbocycles. The number of nitrogens with zero attached hydrogens (tertiary/aromatic N) is 3. The van der Waals surface area contributed by atoms with E-state index in [2.05, 4.69) is 9.97 Å². The molecule has 1 aliphatic rings. The molecule has 0 saturated carbocycles. The molecule has 1 unspecified atom stereocenters. The van der Waals surface area contributed by atoms with Crippen molar-refractivity contribution in [3.05, 3.63) is 61.6 Å². The Kier molecular flexibility index (Phi) is 5.23. The lowest BCUT2D eigenvalue weighted by Crippen LogP contribution is -2.30. The molecule has 0 radical (unpaired) electrons. The molecule has 0 spiro atoms. The van der Waals surface area contributed by atoms with Crippen molar-refractivity contribution in [1.29, 1.82) is 0 Å². The summed E-state index contributed by atoms with van der Waals surface area (Å²) in [7, 11) is 1.25. The molecule has 3 aromatic rings. The second-order valence-corrected chi connectivity index (χ2v) is 8.92. The van der Waals surface area contributed by atoms with Crippen LogP contribution in [0.3, 0.4) is 0 Å². The third-order valence-electron chi connectivity index (χ3n) is 4.74. The van der Waals surface area contributed by atoms with Gasteiger partial charge in [-0.3, -0.25) is 14.5 Å². The van der Waals surface area contributed by atoms with Gasteiger partial charge in [0, 0.05) is 0 Å². The maximum Gasteiger partial charge on any atom is 0.350 e. The van der Waals surface area contributed by atoms with Crippen molar-refractivity contribution in [2.45, 2.75) is 26.8 Å². The highest BCUT2D eigenvalue weighted by molar-refractivity contribution is 7.17. The number of ketones is 1. The van der Waals surface area contributed by atoms with E-state index in [0.29, 0.717) is 21.3 Å². The normalized spacial score (nSPS) is 16.3. The Morgan fingerprint density at radius 2 is 1.87 bits per heavy atom. The quantitative estimate of drug-likeness (QED) is 0.453. The molecule has 4 rings (SSSR count). The number of Topliss-reactive ketones (excluding diaryl/α,β-unsaturated/α-hetero) is 1. The molecule has 0 bridgehead atoms. The van der Waals surface area contributed by atoms with E-state index in [1.165, 1.54) is 24.7 Å². The van der Waals surface area contributed by atoms with Crippen LogP contribution in [0.1, 0.15) is 47.5 Å². The fraction of sp³-hybridized carbons (Fsp3) is 0.250. The summed E-state index contributed by atoms with van der Waals surface area (Å²) >= 11 is 2.11. The van der Waals surface area contributed by atoms with Crippen LogP contribution >= 0.6 is 22.7 Å². The smallest absolute Gasteiger partial charge is 0.350 e. The highest BCUT2D eigenvalue weighted by Crippen LogP contribution is 2.44. The van der Waals surface area contributed by atoms with E-state index < -0.39 is 29.5 Å². The minimum Gasteiger partial charge on any atom is -0.503 e. The van der Waals surface area contributed by atoms with Gasteiger partial charge in [-0.25, -0.2) is 14.8 Å². The summed E-state index contributed by atoms with van der Waals surface area (Å²) in [5, 5.41) is 11.5. The zero-order chi connectivity index (χ0) is 22.4. The van der Waals surface area contributed by atoms with E-state index in [-0.39, 0.29) is 21.3 Å². The van der Waals surface area contributed by atoms with Gasteiger partial charge in [0.05, 0.1) is 40.2 Å². The van der Waals surface area contributed by atoms with Crippen molar-refractivity contribution in [2.24, 2.45) is 0 Å². The summed E-state index contributed by atoms with van der Waals surface area (Å²) in [4.78, 5) is 48.8. The van der Waals surface area contributed by atoms with E-state index in [0.717, 1.165) is 16.2 Å². The predicted octanol–water partition coefficient (Wildman–Crippen LogP) is 3.69. The average molecular weight is 460 g/mol. The molecule has 1 amide bonds. The van der Waals surface area contributed by atoms with Crippen molar-refractivity contribution < 1.29 is 28.6 Å². The number of rotatable bonds is 5. The average Bonchev–Trinajstić information content (AvgIpc) is 3.49. The van der Waals surface area contributed by atoms with Crippen molar-refractivity contribution in [1.82, 2.24) is 9.97 Å². The number of thiazole rings is 2. The minimum atomic E-state index is -1.05. The maximum atomic E-state index is 13.4. The second kappa shape index (κ2) is 7.75. The van der Waals surface area contributed by atoms with Crippen molar-refractivity contribution in [2.75, 3.05) is 12.0 Å². The fourth-order valence-corrected chi connectivity index (χ4v) is 5.27. The van der Waals surface area contributed by atoms with E-state index in [9.17, 15) is 19.5 Å². The lowest BCUT2D eigenvalue weighted by molar-refractivity contribution is -0.117. The summed E-state index contributed by atoms with van der Waals surface area (Å²) in [6.45, 7) is 5.07. The molecule has 1 N–H and O–H groups in total. The molecule has 160 valence electrons. The SMILES string of the molecule is COC(=O)c1sc(N2C(=O)C(O)=C(C(=O)c3sc(C)nc3C)C2c2ccco2)nc1C. The number of amides is 1. The number of carbonyl (C=O) groups excluding carboxylic acids is 3. The Labute approximate surface area is 184 Å². The molecular formula is C20H17N3O6S2. The third-order valence-corrected chi connectivity index (χ3v) is 6.95. The zero-order valence-corrected chi connectivity index (χ0v) is 18.6. The Morgan fingerprint density at radius 3 is 2.45 bits per heavy atom. The Hall–Kier alpha value is -3.31. The Balaban J connectivity index is 1.85. The first-order chi connectivity index (χ1) is 14.7. The van der Waals surface area contributed by atoms with E-state index in [4.69, 9.17) is 9.15 Å². The number of anilines is 1. The molecule has 3 aromatic heterocycles. The van der Waals surface area contributed by atoms with Gasteiger partial charge in [0.15, 0.2) is 10.9 Å². The van der Waals surface area contributed by atoms with Crippen LogP contribution in [0, 0.1) is 20.8 Å². The van der Waals surface area contributed by atoms with Crippen LogP contribution in [0.4, 0.5) is 5.13 Å². The lowest BCUT2D eigenvalue weighted by Gasteiger charge is -2.22. The van der Waals surface area contributed by atoms with Crippen LogP contribution in [-0.4, -0.2) is 39.8 Å². The second-order valence-electron chi connectivity index (χ2n) is 6.73. The number of aliphatic hydroxyl groups is 1. The summed E-state index contributed by atoms with van der Waals surface area (Å²) in [6.07, 6.45) is 1.41. The molecule has 0 saturated heterocycles. The lowest BCUT2D eigenvalue weighted by atomic mass is 10.00. The number of carbonyl (C=O) groups is 3. The van der Waals surface area contributed by atoms with Gasteiger partial charge in [0.1, 0.15) is 16.7 Å². The number of aliphatic hydroxyl groups excluding tert-OH is 1. The monoisotopic (exact) mass is 459 g/mol. The number of furan rings is 1. The van der Waals surface area contributed by atoms with Gasteiger partial charge in [-0.1, -0.05) is 11.3 Å². The molecule has 11 heteroatoms. The van der Waals surface area contributed by atoms with Crippen LogP contribution in [0.5, 0.6) is 0 Å². The van der Waals surface area contributed by atoms with Crippen LogP contribution in [0.25, 0.3) is 0 Å². The molecule has 1 atom stereocenters. The van der Waals surface area contributed by atoms with Crippen LogP contribution < -0.4 is 4.90 Å². The molecule has 9 nitrogen and oxygen atoms in total. The zero-order valence-electron chi connectivity index (χ0n) is 17.0. The fourth-order valence-electron chi connectivity index (χ4n) is 3.38. The van der Waals surface area contributed by atoms with Gasteiger partial charge in [-0.2, -0.15) is 0 Å². The summed E-state index contributed by atoms with van der Waals surface area (Å²) < 4.78 is 10.3. The van der Waals surface area contributed by atoms with Crippen LogP contribution in [0.15, 0.2) is 34.1 Å². The number of ether oxygens (including phenoxy) is 1. The van der Waals surface area contributed by atoms with E-state index >= 15 is 0 Å². The van der Waals surface area contributed by atoms with E-state index in [1.807, 2.05) is 0 Å². The van der Waals surface area contributed by atoms with Gasteiger partial charge in [0.2, 0.25) is 5.78 Å². The van der Waals surface area contributed by atoms with Crippen molar-refractivity contribution in [3.8, 4) is 0 Å². The highest BCUT2D eigenvalue weighted by atomic mass is 32.1. The summed E-state index contributed by atoms with van der Waals surface area (Å²) in [5.74, 6) is -2.34. The van der Waals surface area contributed by atoms with Crippen molar-refractivity contribution in [3.63, 3.8) is 0 Å². The number of hydrogen-bond acceptors (Lipinski definition) is 10. The third kappa shape index (κ3) is 3.35. The Morgan fingerprint density at radius 1 is 1.16 bits per heavy atom. The molecule has 0 aliphatic carbocycles. The maximum absolute atomic E-state index is 13.4. The van der Waals surface area contributed by atoms with Gasteiger partial charge < -0.3 is 14.3 Å². The minimum absolute atomic E-state index is 0.126. The van der Waals surface area contributed by atoms with Gasteiger partial charge in [0.25, 0.3) is 5.91 Å². The number of hydrogen-bond donors (Lipinski definition) is 1. The number of aromatic nitrogens is 2. The first-order valence-electron chi connectivity index (χ1n) is 9.09. The highest BCUT2D eigenvalue weighted by Gasteiger charge is 2.48. The number of esters is 1. The molecule has 1 aliphatic heterocycles. The number of methoxy groups -OCH3 is 1. The predicted molar refractivity (Wildman–Crippen MR) is 113 cm³/mol. The van der Waals surface area contributed by atoms with Gasteiger partial charge >= 0.3 is 5.97 Å². The van der Waals surface area contributed by atoms with Crippen molar-refractivity contribution >= 4 is 45.5 Å². The summed E-state index contributed by atoms with van der Waals surface area (Å²) in [6, 6.07) is 2.17. The first-order valence-corrected chi connectivity index (χ1v) is 10.7. The number of aryl methyl sites for hydroxylation is 3. The van der Waals surface area contributed by atoms with Gasteiger partial charge in [-0.05, 0) is 32.9 Å². The van der Waals surface area contributed by atoms with Gasteiger partial charge in [-0.15, -0.1) is 11.3 Å². The van der Waals surface area contributed by atoms with E-state index in [1.54, 1.807) is 32.9 Å². The molecular weight excluding hydrogens is 442 g/mol. The molecule has 4 heterocycles. The summed E-state index contributed by atoms with van der Waals surface area (Å²) in [5.41, 5.74) is 0.750. The largest absolute Gasteiger partial charge is 0.503 e. The molecule has 0 fully saturated rings. The van der Waals surface area contributed by atoms with Crippen LogP contribution in [0.2, 0.25) is 0 Å². The first kappa shape index (κ1) is 20.9. The van der Waals surface area contributed by atoms with Crippen LogP contribution in [-0.2, 0) is 9.53 Å². The molecule has 31 heavy (non-hydrogen) atoms.